The van der Waals surface area contributed by atoms with Crippen LogP contribution in [-0.2, 0) is 13.0 Å². The molecule has 0 aromatic carbocycles. The van der Waals surface area contributed by atoms with Crippen LogP contribution in [0.25, 0.3) is 0 Å². The van der Waals surface area contributed by atoms with Gasteiger partial charge in [0.2, 0.25) is 0 Å². The minimum absolute atomic E-state index is 0.00467. The molecule has 6 heteroatoms. The lowest BCUT2D eigenvalue weighted by Gasteiger charge is -2.31. The number of carbonyl (C=O) groups excluding carboxylic acids is 2. The fraction of sp³-hybridized carbons (Fsp3) is 0.750. The molecule has 1 fully saturated rings. The second kappa shape index (κ2) is 8.23. The van der Waals surface area contributed by atoms with Crippen LogP contribution in [0.3, 0.4) is 0 Å². The SMILES string of the molecule is CCCCN(C)C(=O)c1nc(C(=O)N2CCCC(C)C2)n2c1CCCC2. The van der Waals surface area contributed by atoms with Crippen molar-refractivity contribution in [3.63, 3.8) is 0 Å². The highest BCUT2D eigenvalue weighted by Crippen LogP contribution is 2.24. The van der Waals surface area contributed by atoms with Gasteiger partial charge in [0.25, 0.3) is 11.8 Å². The molecule has 2 aliphatic heterocycles. The van der Waals surface area contributed by atoms with E-state index in [0.717, 1.165) is 70.4 Å². The highest BCUT2D eigenvalue weighted by Gasteiger charge is 2.32. The normalized spacial score (nSPS) is 20.0. The molecule has 0 N–H and O–H groups in total. The summed E-state index contributed by atoms with van der Waals surface area (Å²) in [4.78, 5) is 34.3. The van der Waals surface area contributed by atoms with Crippen LogP contribution in [0.15, 0.2) is 0 Å². The molecule has 2 amide bonds. The predicted octanol–water partition coefficient (Wildman–Crippen LogP) is 2.96. The molecule has 0 bridgehead atoms. The first-order valence-corrected chi connectivity index (χ1v) is 10.2. The molecule has 3 rings (SSSR count). The Hall–Kier alpha value is -1.85. The number of piperidine rings is 1. The molecule has 0 spiro atoms. The number of unbranched alkanes of at least 4 members (excludes halogenated alkanes) is 1. The number of likely N-dealkylation sites (tertiary alicyclic amines) is 1. The van der Waals surface area contributed by atoms with E-state index in [0.29, 0.717) is 17.4 Å². The summed E-state index contributed by atoms with van der Waals surface area (Å²) in [5.41, 5.74) is 1.45. The van der Waals surface area contributed by atoms with Crippen molar-refractivity contribution in [1.29, 1.82) is 0 Å². The predicted molar refractivity (Wildman–Crippen MR) is 101 cm³/mol. The van der Waals surface area contributed by atoms with Crippen molar-refractivity contribution >= 4 is 11.8 Å². The van der Waals surface area contributed by atoms with E-state index in [1.807, 2.05) is 16.5 Å². The smallest absolute Gasteiger partial charge is 0.289 e. The summed E-state index contributed by atoms with van der Waals surface area (Å²) in [6, 6.07) is 0. The van der Waals surface area contributed by atoms with Crippen molar-refractivity contribution in [3.05, 3.63) is 17.2 Å². The highest BCUT2D eigenvalue weighted by molar-refractivity contribution is 5.97. The van der Waals surface area contributed by atoms with E-state index in [1.165, 1.54) is 6.42 Å². The molecule has 144 valence electrons. The number of amides is 2. The lowest BCUT2D eigenvalue weighted by molar-refractivity contribution is 0.0664. The Morgan fingerprint density at radius 3 is 2.77 bits per heavy atom. The largest absolute Gasteiger partial charge is 0.340 e. The highest BCUT2D eigenvalue weighted by atomic mass is 16.2. The number of hydrogen-bond acceptors (Lipinski definition) is 3. The van der Waals surface area contributed by atoms with E-state index in [-0.39, 0.29) is 11.8 Å². The second-order valence-corrected chi connectivity index (χ2v) is 7.92. The summed E-state index contributed by atoms with van der Waals surface area (Å²) in [6.45, 7) is 7.42. The third-order valence-electron chi connectivity index (χ3n) is 5.65. The van der Waals surface area contributed by atoms with E-state index in [4.69, 9.17) is 0 Å². The van der Waals surface area contributed by atoms with Crippen LogP contribution < -0.4 is 0 Å². The van der Waals surface area contributed by atoms with Gasteiger partial charge >= 0.3 is 0 Å². The van der Waals surface area contributed by atoms with Crippen molar-refractivity contribution in [3.8, 4) is 0 Å². The maximum absolute atomic E-state index is 13.1. The van der Waals surface area contributed by atoms with Gasteiger partial charge in [-0.05, 0) is 44.4 Å². The molecular weight excluding hydrogens is 328 g/mol. The van der Waals surface area contributed by atoms with Crippen molar-refractivity contribution < 1.29 is 9.59 Å². The standard InChI is InChI=1S/C20H32N4O2/c1-4-5-11-22(3)19(25)17-16-10-6-7-13-24(16)18(21-17)20(26)23-12-8-9-15(2)14-23/h15H,4-14H2,1-3H3. The summed E-state index contributed by atoms with van der Waals surface area (Å²) < 4.78 is 2.02. The molecule has 3 heterocycles. The number of rotatable bonds is 5. The summed E-state index contributed by atoms with van der Waals surface area (Å²) in [7, 11) is 1.83. The Morgan fingerprint density at radius 2 is 2.04 bits per heavy atom. The molecule has 1 saturated heterocycles. The zero-order valence-corrected chi connectivity index (χ0v) is 16.5. The molecule has 6 nitrogen and oxygen atoms in total. The van der Waals surface area contributed by atoms with E-state index in [9.17, 15) is 9.59 Å². The zero-order valence-electron chi connectivity index (χ0n) is 16.5. The maximum atomic E-state index is 13.1. The van der Waals surface area contributed by atoms with Crippen LogP contribution in [0.4, 0.5) is 0 Å². The molecule has 1 aromatic heterocycles. The summed E-state index contributed by atoms with van der Waals surface area (Å²) in [5, 5.41) is 0. The van der Waals surface area contributed by atoms with Gasteiger partial charge in [-0.3, -0.25) is 9.59 Å². The summed E-state index contributed by atoms with van der Waals surface area (Å²) in [5.74, 6) is 0.955. The molecule has 1 aromatic rings. The quantitative estimate of drug-likeness (QED) is 0.811. The third kappa shape index (κ3) is 3.79. The number of aromatic nitrogens is 2. The van der Waals surface area contributed by atoms with Crippen LogP contribution in [0, 0.1) is 5.92 Å². The van der Waals surface area contributed by atoms with E-state index in [2.05, 4.69) is 18.8 Å². The summed E-state index contributed by atoms with van der Waals surface area (Å²) >= 11 is 0. The second-order valence-electron chi connectivity index (χ2n) is 7.92. The van der Waals surface area contributed by atoms with Crippen LogP contribution in [0.5, 0.6) is 0 Å². The minimum Gasteiger partial charge on any atom is -0.340 e. The van der Waals surface area contributed by atoms with Gasteiger partial charge in [0.15, 0.2) is 5.82 Å². The molecule has 1 unspecified atom stereocenters. The van der Waals surface area contributed by atoms with Crippen LogP contribution >= 0.6 is 0 Å². The monoisotopic (exact) mass is 360 g/mol. The van der Waals surface area contributed by atoms with Crippen molar-refractivity contribution in [2.45, 2.75) is 65.3 Å². The van der Waals surface area contributed by atoms with Gasteiger partial charge in [-0.25, -0.2) is 4.98 Å². The molecule has 1 atom stereocenters. The number of imidazole rings is 1. The molecule has 26 heavy (non-hydrogen) atoms. The van der Waals surface area contributed by atoms with E-state index < -0.39 is 0 Å². The Labute approximate surface area is 156 Å². The van der Waals surface area contributed by atoms with Crippen molar-refractivity contribution in [1.82, 2.24) is 19.4 Å². The van der Waals surface area contributed by atoms with Gasteiger partial charge in [0.1, 0.15) is 5.69 Å². The van der Waals surface area contributed by atoms with Crippen molar-refractivity contribution in [2.24, 2.45) is 5.92 Å². The van der Waals surface area contributed by atoms with E-state index in [1.54, 1.807) is 4.90 Å². The fourth-order valence-corrected chi connectivity index (χ4v) is 4.07. The molecule has 0 aliphatic carbocycles. The fourth-order valence-electron chi connectivity index (χ4n) is 4.07. The van der Waals surface area contributed by atoms with Crippen molar-refractivity contribution in [2.75, 3.05) is 26.7 Å². The first-order chi connectivity index (χ1) is 12.5. The van der Waals surface area contributed by atoms with Crippen LogP contribution in [0.1, 0.15) is 79.2 Å². The average molecular weight is 361 g/mol. The number of nitrogens with zero attached hydrogens (tertiary/aromatic N) is 4. The molecule has 0 saturated carbocycles. The first-order valence-electron chi connectivity index (χ1n) is 10.2. The lowest BCUT2D eigenvalue weighted by Crippen LogP contribution is -2.40. The first kappa shape index (κ1) is 18.9. The average Bonchev–Trinajstić information content (AvgIpc) is 3.04. The Morgan fingerprint density at radius 1 is 1.23 bits per heavy atom. The third-order valence-corrected chi connectivity index (χ3v) is 5.65. The van der Waals surface area contributed by atoms with E-state index >= 15 is 0 Å². The molecule has 2 aliphatic rings. The van der Waals surface area contributed by atoms with Crippen LogP contribution in [-0.4, -0.2) is 57.8 Å². The Balaban J connectivity index is 1.88. The summed E-state index contributed by atoms with van der Waals surface area (Å²) in [6.07, 6.45) is 7.19. The van der Waals surface area contributed by atoms with Gasteiger partial charge in [-0.15, -0.1) is 0 Å². The minimum atomic E-state index is -0.0461. The Kier molecular flexibility index (Phi) is 5.99. The van der Waals surface area contributed by atoms with Gasteiger partial charge in [-0.2, -0.15) is 0 Å². The van der Waals surface area contributed by atoms with Gasteiger partial charge < -0.3 is 14.4 Å². The van der Waals surface area contributed by atoms with Crippen LogP contribution in [0.2, 0.25) is 0 Å². The topological polar surface area (TPSA) is 58.4 Å². The zero-order chi connectivity index (χ0) is 18.7. The van der Waals surface area contributed by atoms with Gasteiger partial charge in [-0.1, -0.05) is 20.3 Å². The Bertz CT molecular complexity index is 667. The molecule has 0 radical (unpaired) electrons. The number of hydrogen-bond donors (Lipinski definition) is 0. The maximum Gasteiger partial charge on any atom is 0.289 e. The molecular formula is C20H32N4O2. The number of fused-ring (bicyclic) bond motifs is 1. The van der Waals surface area contributed by atoms with Gasteiger partial charge in [0, 0.05) is 33.2 Å². The lowest BCUT2D eigenvalue weighted by atomic mass is 10.0. The number of carbonyl (C=O) groups is 2. The van der Waals surface area contributed by atoms with Gasteiger partial charge in [0.05, 0.1) is 5.69 Å².